The van der Waals surface area contributed by atoms with Crippen LogP contribution >= 0.6 is 27.5 Å². The third kappa shape index (κ3) is 8.62. The van der Waals surface area contributed by atoms with Gasteiger partial charge in [-0.25, -0.2) is 5.43 Å². The molecule has 0 atom stereocenters. The van der Waals surface area contributed by atoms with Crippen molar-refractivity contribution in [3.63, 3.8) is 0 Å². The van der Waals surface area contributed by atoms with E-state index in [0.717, 1.165) is 12.0 Å². The number of amides is 2. The molecular weight excluding hydrogens is 602 g/mol. The van der Waals surface area contributed by atoms with E-state index in [1.807, 2.05) is 26.8 Å². The van der Waals surface area contributed by atoms with Crippen LogP contribution < -0.4 is 29.7 Å². The fourth-order valence-electron chi connectivity index (χ4n) is 3.44. The van der Waals surface area contributed by atoms with Crippen molar-refractivity contribution in [2.24, 2.45) is 5.10 Å². The fourth-order valence-corrected chi connectivity index (χ4v) is 4.19. The topological polar surface area (TPSA) is 107 Å². The minimum absolute atomic E-state index is 0.254. The van der Waals surface area contributed by atoms with Crippen molar-refractivity contribution < 1.29 is 28.5 Å². The van der Waals surface area contributed by atoms with E-state index in [9.17, 15) is 9.59 Å². The Bertz CT molecular complexity index is 1380. The van der Waals surface area contributed by atoms with Crippen LogP contribution in [-0.4, -0.2) is 45.0 Å². The molecule has 0 aliphatic carbocycles. The largest absolute Gasteiger partial charge is 0.493 e. The first-order valence-electron chi connectivity index (χ1n) is 12.5. The normalized spacial score (nSPS) is 10.8. The highest BCUT2D eigenvalue weighted by Crippen LogP contribution is 2.36. The highest BCUT2D eigenvalue weighted by atomic mass is 79.9. The number of benzene rings is 3. The molecule has 0 aromatic heterocycles. The minimum atomic E-state index is -0.411. The van der Waals surface area contributed by atoms with E-state index >= 15 is 0 Å². The maximum absolute atomic E-state index is 12.7. The number of rotatable bonds is 13. The first kappa shape index (κ1) is 30.8. The molecule has 11 heteroatoms. The van der Waals surface area contributed by atoms with Gasteiger partial charge in [0.15, 0.2) is 29.6 Å². The van der Waals surface area contributed by atoms with Gasteiger partial charge in [0.05, 0.1) is 31.0 Å². The maximum atomic E-state index is 12.7. The van der Waals surface area contributed by atoms with Crippen LogP contribution in [0.3, 0.4) is 0 Å². The van der Waals surface area contributed by atoms with E-state index in [4.69, 9.17) is 30.5 Å². The molecule has 0 saturated carbocycles. The molecule has 0 spiro atoms. The molecule has 0 saturated heterocycles. The zero-order valence-corrected chi connectivity index (χ0v) is 25.0. The number of hydrogen-bond acceptors (Lipinski definition) is 7. The van der Waals surface area contributed by atoms with Crippen molar-refractivity contribution in [2.45, 2.75) is 27.2 Å². The highest BCUT2D eigenvalue weighted by molar-refractivity contribution is 9.10. The number of carbonyl (C=O) groups excluding carboxylic acids is 2. The second-order valence-electron chi connectivity index (χ2n) is 8.48. The zero-order chi connectivity index (χ0) is 29.1. The predicted molar refractivity (Wildman–Crippen MR) is 159 cm³/mol. The fraction of sp³-hybridized carbons (Fsp3) is 0.276. The second-order valence-corrected chi connectivity index (χ2v) is 9.74. The summed E-state index contributed by atoms with van der Waals surface area (Å²) in [4.78, 5) is 25.0. The minimum Gasteiger partial charge on any atom is -0.493 e. The van der Waals surface area contributed by atoms with Crippen molar-refractivity contribution in [3.05, 3.63) is 74.7 Å². The summed E-state index contributed by atoms with van der Waals surface area (Å²) in [5.41, 5.74) is 4.98. The van der Waals surface area contributed by atoms with E-state index < -0.39 is 5.91 Å². The van der Waals surface area contributed by atoms with Crippen LogP contribution in [0.1, 0.15) is 41.8 Å². The molecular formula is C29H31BrClN3O6. The number of hydrogen-bond donors (Lipinski definition) is 2. The molecule has 0 unspecified atom stereocenters. The van der Waals surface area contributed by atoms with Gasteiger partial charge in [-0.2, -0.15) is 5.10 Å². The third-order valence-electron chi connectivity index (χ3n) is 5.40. The molecule has 0 heterocycles. The van der Waals surface area contributed by atoms with Gasteiger partial charge >= 0.3 is 0 Å². The van der Waals surface area contributed by atoms with Gasteiger partial charge in [-0.3, -0.25) is 9.59 Å². The summed E-state index contributed by atoms with van der Waals surface area (Å²) in [6, 6.07) is 13.6. The number of hydrazone groups is 1. The number of nitrogens with one attached hydrogen (secondary N) is 2. The molecule has 0 bridgehead atoms. The van der Waals surface area contributed by atoms with E-state index in [0.29, 0.717) is 62.5 Å². The summed E-state index contributed by atoms with van der Waals surface area (Å²) in [5.74, 6) is 1.02. The second kappa shape index (κ2) is 15.1. The first-order chi connectivity index (χ1) is 19.2. The quantitative estimate of drug-likeness (QED) is 0.167. The average Bonchev–Trinajstić information content (AvgIpc) is 2.93. The Morgan fingerprint density at radius 1 is 1.00 bits per heavy atom. The molecule has 40 heavy (non-hydrogen) atoms. The Kier molecular flexibility index (Phi) is 11.6. The van der Waals surface area contributed by atoms with Crippen molar-refractivity contribution in [2.75, 3.05) is 32.2 Å². The van der Waals surface area contributed by atoms with Gasteiger partial charge < -0.3 is 24.3 Å². The number of anilines is 1. The van der Waals surface area contributed by atoms with Crippen LogP contribution in [0.4, 0.5) is 5.69 Å². The predicted octanol–water partition coefficient (Wildman–Crippen LogP) is 6.39. The van der Waals surface area contributed by atoms with Gasteiger partial charge in [-0.1, -0.05) is 24.6 Å². The monoisotopic (exact) mass is 631 g/mol. The molecule has 212 valence electrons. The Morgan fingerprint density at radius 2 is 1.80 bits per heavy atom. The number of halogens is 2. The van der Waals surface area contributed by atoms with Crippen LogP contribution in [0.15, 0.2) is 58.1 Å². The summed E-state index contributed by atoms with van der Waals surface area (Å²) in [7, 11) is 1.48. The molecule has 2 N–H and O–H groups in total. The first-order valence-corrected chi connectivity index (χ1v) is 13.7. The summed E-state index contributed by atoms with van der Waals surface area (Å²) in [6.07, 6.45) is 2.32. The summed E-state index contributed by atoms with van der Waals surface area (Å²) < 4.78 is 23.0. The van der Waals surface area contributed by atoms with Crippen molar-refractivity contribution in [1.29, 1.82) is 0 Å². The molecule has 3 aromatic carbocycles. The van der Waals surface area contributed by atoms with Crippen LogP contribution in [-0.2, 0) is 4.79 Å². The lowest BCUT2D eigenvalue weighted by Gasteiger charge is -2.14. The smallest absolute Gasteiger partial charge is 0.271 e. The Hall–Kier alpha value is -3.76. The van der Waals surface area contributed by atoms with Gasteiger partial charge in [0.25, 0.3) is 11.8 Å². The van der Waals surface area contributed by atoms with E-state index in [-0.39, 0.29) is 12.5 Å². The van der Waals surface area contributed by atoms with E-state index in [1.165, 1.54) is 13.3 Å². The SMILES string of the molecule is CCCOc1ccc(C(=O)N/N=C/c2cc(Br)c(OCC(=O)Nc3ccc(C)c(Cl)c3)c(OC)c2)cc1OCC. The van der Waals surface area contributed by atoms with E-state index in [1.54, 1.807) is 42.5 Å². The van der Waals surface area contributed by atoms with Crippen LogP contribution in [0.2, 0.25) is 5.02 Å². The maximum Gasteiger partial charge on any atom is 0.271 e. The third-order valence-corrected chi connectivity index (χ3v) is 6.40. The number of carbonyl (C=O) groups is 2. The standard InChI is InChI=1S/C29H31BrClN3O6/c1-5-11-39-24-10-8-20(14-25(24)38-6-2)29(36)34-32-16-19-12-22(30)28(26(13-19)37-4)40-17-27(35)33-21-9-7-18(3)23(31)15-21/h7-10,12-16H,5-6,11,17H2,1-4H3,(H,33,35)(H,34,36)/b32-16+. The number of methoxy groups -OCH3 is 1. The molecule has 0 fully saturated rings. The van der Waals surface area contributed by atoms with Crippen LogP contribution in [0.5, 0.6) is 23.0 Å². The van der Waals surface area contributed by atoms with Crippen molar-refractivity contribution >= 4 is 51.2 Å². The lowest BCUT2D eigenvalue weighted by Crippen LogP contribution is -2.20. The summed E-state index contributed by atoms with van der Waals surface area (Å²) >= 11 is 9.57. The van der Waals surface area contributed by atoms with Gasteiger partial charge in [-0.05, 0) is 89.8 Å². The number of nitrogens with zero attached hydrogens (tertiary/aromatic N) is 1. The van der Waals surface area contributed by atoms with Gasteiger partial charge in [0.2, 0.25) is 0 Å². The van der Waals surface area contributed by atoms with Gasteiger partial charge in [0, 0.05) is 16.3 Å². The van der Waals surface area contributed by atoms with Crippen molar-refractivity contribution in [1.82, 2.24) is 5.43 Å². The molecule has 0 radical (unpaired) electrons. The molecule has 2 amide bonds. The summed E-state index contributed by atoms with van der Waals surface area (Å²) in [6.45, 7) is 6.49. The molecule has 0 aliphatic rings. The lowest BCUT2D eigenvalue weighted by molar-refractivity contribution is -0.118. The molecule has 3 rings (SSSR count). The summed E-state index contributed by atoms with van der Waals surface area (Å²) in [5, 5.41) is 7.36. The molecule has 3 aromatic rings. The van der Waals surface area contributed by atoms with E-state index in [2.05, 4.69) is 31.8 Å². The Balaban J connectivity index is 1.63. The lowest BCUT2D eigenvalue weighted by atomic mass is 10.2. The molecule has 0 aliphatic heterocycles. The Labute approximate surface area is 246 Å². The van der Waals surface area contributed by atoms with Gasteiger partial charge in [0.1, 0.15) is 0 Å². The zero-order valence-electron chi connectivity index (χ0n) is 22.7. The van der Waals surface area contributed by atoms with Crippen LogP contribution in [0, 0.1) is 6.92 Å². The van der Waals surface area contributed by atoms with Crippen LogP contribution in [0.25, 0.3) is 0 Å². The molecule has 9 nitrogen and oxygen atoms in total. The van der Waals surface area contributed by atoms with Crippen molar-refractivity contribution in [3.8, 4) is 23.0 Å². The average molecular weight is 633 g/mol. The number of ether oxygens (including phenoxy) is 4. The highest BCUT2D eigenvalue weighted by Gasteiger charge is 2.15. The van der Waals surface area contributed by atoms with Gasteiger partial charge in [-0.15, -0.1) is 0 Å². The Morgan fingerprint density at radius 3 is 2.50 bits per heavy atom. The number of aryl methyl sites for hydroxylation is 1.